The highest BCUT2D eigenvalue weighted by Crippen LogP contribution is 2.11. The number of methoxy groups -OCH3 is 1. The van der Waals surface area contributed by atoms with Crippen LogP contribution in [0.2, 0.25) is 0 Å². The van der Waals surface area contributed by atoms with Crippen molar-refractivity contribution in [2.24, 2.45) is 0 Å². The standard InChI is InChI=1S/C13H17NO4/c1-3-12(16)14-11(13(17)18-2)8-9-4-6-10(15)7-5-9/h4-7,11,15H,3,8H2,1-2H3,(H,14,16). The largest absolute Gasteiger partial charge is 0.508 e. The van der Waals surface area contributed by atoms with Gasteiger partial charge >= 0.3 is 5.97 Å². The number of hydrogen-bond donors (Lipinski definition) is 2. The Balaban J connectivity index is 2.74. The van der Waals surface area contributed by atoms with Gasteiger partial charge in [-0.15, -0.1) is 0 Å². The second-order valence-electron chi connectivity index (χ2n) is 3.87. The molecule has 18 heavy (non-hydrogen) atoms. The summed E-state index contributed by atoms with van der Waals surface area (Å²) in [4.78, 5) is 22.9. The molecule has 98 valence electrons. The second-order valence-corrected chi connectivity index (χ2v) is 3.87. The number of phenolic OH excluding ortho intramolecular Hbond substituents is 1. The zero-order valence-electron chi connectivity index (χ0n) is 10.5. The summed E-state index contributed by atoms with van der Waals surface area (Å²) in [6.07, 6.45) is 0.641. The Hall–Kier alpha value is -2.04. The van der Waals surface area contributed by atoms with Crippen LogP contribution in [0.3, 0.4) is 0 Å². The molecule has 0 saturated heterocycles. The van der Waals surface area contributed by atoms with Gasteiger partial charge in [0.2, 0.25) is 5.91 Å². The molecule has 0 aliphatic rings. The molecule has 5 nitrogen and oxygen atoms in total. The van der Waals surface area contributed by atoms with E-state index >= 15 is 0 Å². The maximum Gasteiger partial charge on any atom is 0.328 e. The number of esters is 1. The number of benzene rings is 1. The number of carbonyl (C=O) groups is 2. The molecule has 1 atom stereocenters. The molecule has 1 rings (SSSR count). The first-order chi connectivity index (χ1) is 8.56. The Morgan fingerprint density at radius 3 is 2.44 bits per heavy atom. The van der Waals surface area contributed by atoms with Crippen LogP contribution in [0.1, 0.15) is 18.9 Å². The summed E-state index contributed by atoms with van der Waals surface area (Å²) in [5, 5.41) is 11.8. The van der Waals surface area contributed by atoms with Crippen LogP contribution in [-0.2, 0) is 20.7 Å². The van der Waals surface area contributed by atoms with Crippen LogP contribution in [0.25, 0.3) is 0 Å². The molecule has 0 fully saturated rings. The van der Waals surface area contributed by atoms with E-state index in [1.54, 1.807) is 19.1 Å². The van der Waals surface area contributed by atoms with Gasteiger partial charge in [-0.1, -0.05) is 19.1 Å². The van der Waals surface area contributed by atoms with Crippen molar-refractivity contribution in [1.82, 2.24) is 5.32 Å². The number of phenols is 1. The van der Waals surface area contributed by atoms with E-state index in [-0.39, 0.29) is 11.7 Å². The Morgan fingerprint density at radius 1 is 1.33 bits per heavy atom. The number of rotatable bonds is 5. The summed E-state index contributed by atoms with van der Waals surface area (Å²) in [5.41, 5.74) is 0.833. The molecule has 2 N–H and O–H groups in total. The van der Waals surface area contributed by atoms with Gasteiger partial charge in [-0.3, -0.25) is 4.79 Å². The van der Waals surface area contributed by atoms with Crippen LogP contribution < -0.4 is 5.32 Å². The van der Waals surface area contributed by atoms with E-state index < -0.39 is 12.0 Å². The quantitative estimate of drug-likeness (QED) is 0.766. The molecule has 1 aromatic rings. The average Bonchev–Trinajstić information content (AvgIpc) is 2.39. The van der Waals surface area contributed by atoms with E-state index in [9.17, 15) is 9.59 Å². The minimum atomic E-state index is -0.702. The molecule has 0 spiro atoms. The Kier molecular flexibility index (Phi) is 5.17. The first kappa shape index (κ1) is 14.0. The van der Waals surface area contributed by atoms with Gasteiger partial charge in [0.25, 0.3) is 0 Å². The van der Waals surface area contributed by atoms with Gasteiger partial charge in [-0.2, -0.15) is 0 Å². The normalized spacial score (nSPS) is 11.7. The smallest absolute Gasteiger partial charge is 0.328 e. The van der Waals surface area contributed by atoms with Crippen molar-refractivity contribution < 1.29 is 19.4 Å². The topological polar surface area (TPSA) is 75.6 Å². The summed E-state index contributed by atoms with van der Waals surface area (Å²) in [6, 6.07) is 5.76. The summed E-state index contributed by atoms with van der Waals surface area (Å²) < 4.78 is 4.65. The zero-order valence-corrected chi connectivity index (χ0v) is 10.5. The van der Waals surface area contributed by atoms with Gasteiger partial charge in [-0.05, 0) is 17.7 Å². The van der Waals surface area contributed by atoms with Crippen LogP contribution in [0.5, 0.6) is 5.75 Å². The molecular weight excluding hydrogens is 234 g/mol. The molecule has 0 aliphatic carbocycles. The van der Waals surface area contributed by atoms with Crippen LogP contribution in [0, 0.1) is 0 Å². The van der Waals surface area contributed by atoms with Crippen molar-refractivity contribution in [3.8, 4) is 5.75 Å². The fourth-order valence-corrected chi connectivity index (χ4v) is 1.50. The monoisotopic (exact) mass is 251 g/mol. The third-order valence-electron chi connectivity index (χ3n) is 2.52. The van der Waals surface area contributed by atoms with Gasteiger partial charge in [-0.25, -0.2) is 4.79 Å². The Labute approximate surface area is 106 Å². The number of hydrogen-bond acceptors (Lipinski definition) is 4. The second kappa shape index (κ2) is 6.64. The van der Waals surface area contributed by atoms with Gasteiger partial charge in [0.1, 0.15) is 11.8 Å². The predicted octanol–water partition coefficient (Wildman–Crippen LogP) is 1.00. The number of aromatic hydroxyl groups is 1. The fourth-order valence-electron chi connectivity index (χ4n) is 1.50. The number of ether oxygens (including phenoxy) is 1. The predicted molar refractivity (Wildman–Crippen MR) is 66.0 cm³/mol. The van der Waals surface area contributed by atoms with Crippen molar-refractivity contribution >= 4 is 11.9 Å². The van der Waals surface area contributed by atoms with Crippen LogP contribution in [-0.4, -0.2) is 30.1 Å². The lowest BCUT2D eigenvalue weighted by atomic mass is 10.1. The molecule has 1 unspecified atom stereocenters. The maximum atomic E-state index is 11.5. The number of nitrogens with one attached hydrogen (secondary N) is 1. The van der Waals surface area contributed by atoms with E-state index in [0.717, 1.165) is 5.56 Å². The summed E-state index contributed by atoms with van der Waals surface area (Å²) >= 11 is 0. The van der Waals surface area contributed by atoms with Crippen LogP contribution >= 0.6 is 0 Å². The lowest BCUT2D eigenvalue weighted by Gasteiger charge is -2.16. The molecular formula is C13H17NO4. The highest BCUT2D eigenvalue weighted by molar-refractivity contribution is 5.84. The van der Waals surface area contributed by atoms with Gasteiger partial charge in [0.15, 0.2) is 0 Å². The van der Waals surface area contributed by atoms with E-state index in [1.807, 2.05) is 0 Å². The number of amides is 1. The van der Waals surface area contributed by atoms with Crippen molar-refractivity contribution in [3.05, 3.63) is 29.8 Å². The number of carbonyl (C=O) groups excluding carboxylic acids is 2. The van der Waals surface area contributed by atoms with Crippen molar-refractivity contribution in [2.45, 2.75) is 25.8 Å². The van der Waals surface area contributed by atoms with Crippen molar-refractivity contribution in [3.63, 3.8) is 0 Å². The molecule has 1 aromatic carbocycles. The minimum absolute atomic E-state index is 0.158. The van der Waals surface area contributed by atoms with Gasteiger partial charge in [0.05, 0.1) is 7.11 Å². The lowest BCUT2D eigenvalue weighted by Crippen LogP contribution is -2.42. The first-order valence-electron chi connectivity index (χ1n) is 5.72. The molecule has 0 heterocycles. The molecule has 0 aliphatic heterocycles. The van der Waals surface area contributed by atoms with E-state index in [0.29, 0.717) is 12.8 Å². The van der Waals surface area contributed by atoms with E-state index in [2.05, 4.69) is 10.1 Å². The third kappa shape index (κ3) is 4.08. The Morgan fingerprint density at radius 2 is 1.94 bits per heavy atom. The summed E-state index contributed by atoms with van der Waals surface area (Å²) in [6.45, 7) is 1.71. The van der Waals surface area contributed by atoms with Gasteiger partial charge < -0.3 is 15.2 Å². The Bertz CT molecular complexity index is 414. The molecule has 0 saturated carbocycles. The molecule has 5 heteroatoms. The SMILES string of the molecule is CCC(=O)NC(Cc1ccc(O)cc1)C(=O)OC. The highest BCUT2D eigenvalue weighted by atomic mass is 16.5. The molecule has 1 amide bonds. The maximum absolute atomic E-state index is 11.5. The molecule has 0 aromatic heterocycles. The molecule has 0 radical (unpaired) electrons. The van der Waals surface area contributed by atoms with Crippen LogP contribution in [0.15, 0.2) is 24.3 Å². The summed E-state index contributed by atoms with van der Waals surface area (Å²) in [5.74, 6) is -0.528. The van der Waals surface area contributed by atoms with Crippen molar-refractivity contribution in [2.75, 3.05) is 7.11 Å². The van der Waals surface area contributed by atoms with Crippen LogP contribution in [0.4, 0.5) is 0 Å². The third-order valence-corrected chi connectivity index (χ3v) is 2.52. The average molecular weight is 251 g/mol. The van der Waals surface area contributed by atoms with Crippen molar-refractivity contribution in [1.29, 1.82) is 0 Å². The molecule has 0 bridgehead atoms. The zero-order chi connectivity index (χ0) is 13.5. The van der Waals surface area contributed by atoms with E-state index in [4.69, 9.17) is 5.11 Å². The fraction of sp³-hybridized carbons (Fsp3) is 0.385. The van der Waals surface area contributed by atoms with Gasteiger partial charge in [0, 0.05) is 12.8 Å². The lowest BCUT2D eigenvalue weighted by molar-refractivity contribution is -0.145. The summed E-state index contributed by atoms with van der Waals surface area (Å²) in [7, 11) is 1.28. The minimum Gasteiger partial charge on any atom is -0.508 e. The highest BCUT2D eigenvalue weighted by Gasteiger charge is 2.21. The van der Waals surface area contributed by atoms with E-state index in [1.165, 1.54) is 19.2 Å². The first-order valence-corrected chi connectivity index (χ1v) is 5.72.